The van der Waals surface area contributed by atoms with E-state index in [2.05, 4.69) is 0 Å². The predicted octanol–water partition coefficient (Wildman–Crippen LogP) is 5.45. The molecule has 2 aromatic rings. The molecular formula is C10H4Cl5NO. The Kier molecular flexibility index (Phi) is 3.71. The van der Waals surface area contributed by atoms with Crippen molar-refractivity contribution in [3.8, 4) is 11.4 Å². The van der Waals surface area contributed by atoms with Gasteiger partial charge in [0, 0.05) is 12.3 Å². The van der Waals surface area contributed by atoms with Crippen LogP contribution in [0.25, 0.3) is 5.69 Å². The Morgan fingerprint density at radius 2 is 1.47 bits per heavy atom. The molecule has 1 aromatic carbocycles. The summed E-state index contributed by atoms with van der Waals surface area (Å²) in [5.74, 6) is -0.0790. The van der Waals surface area contributed by atoms with Gasteiger partial charge in [-0.2, -0.15) is 0 Å². The Labute approximate surface area is 122 Å². The number of hydrogen-bond acceptors (Lipinski definition) is 1. The minimum Gasteiger partial charge on any atom is -0.506 e. The molecule has 2 rings (SSSR count). The van der Waals surface area contributed by atoms with Gasteiger partial charge in [-0.25, -0.2) is 0 Å². The summed E-state index contributed by atoms with van der Waals surface area (Å²) in [5, 5.41) is 11.0. The summed E-state index contributed by atoms with van der Waals surface area (Å²) in [5.41, 5.74) is 0.346. The number of nitrogens with zero attached hydrogens (tertiary/aromatic N) is 1. The maximum atomic E-state index is 9.79. The van der Waals surface area contributed by atoms with Crippen molar-refractivity contribution in [1.29, 1.82) is 0 Å². The summed E-state index contributed by atoms with van der Waals surface area (Å²) >= 11 is 29.3. The number of aromatic nitrogens is 1. The van der Waals surface area contributed by atoms with Crippen molar-refractivity contribution in [2.45, 2.75) is 0 Å². The maximum absolute atomic E-state index is 9.79. The zero-order chi connectivity index (χ0) is 12.7. The van der Waals surface area contributed by atoms with E-state index >= 15 is 0 Å². The Morgan fingerprint density at radius 3 is 2.00 bits per heavy atom. The second-order valence-electron chi connectivity index (χ2n) is 3.21. The van der Waals surface area contributed by atoms with Crippen LogP contribution in [0.1, 0.15) is 0 Å². The average Bonchev–Trinajstić information content (AvgIpc) is 2.51. The van der Waals surface area contributed by atoms with Crippen LogP contribution in [-0.4, -0.2) is 9.67 Å². The minimum absolute atomic E-state index is 0.0790. The van der Waals surface area contributed by atoms with Gasteiger partial charge in [-0.1, -0.05) is 58.0 Å². The third-order valence-corrected chi connectivity index (χ3v) is 4.08. The number of phenolic OH excluding ortho intramolecular Hbond substituents is 1. The molecule has 0 bridgehead atoms. The van der Waals surface area contributed by atoms with E-state index in [-0.39, 0.29) is 31.0 Å². The summed E-state index contributed by atoms with van der Waals surface area (Å²) in [4.78, 5) is 0. The van der Waals surface area contributed by atoms with Gasteiger partial charge in [0.1, 0.15) is 10.9 Å². The van der Waals surface area contributed by atoms with E-state index in [0.29, 0.717) is 5.69 Å². The first-order valence-electron chi connectivity index (χ1n) is 4.32. The second kappa shape index (κ2) is 4.79. The predicted molar refractivity (Wildman–Crippen MR) is 72.5 cm³/mol. The van der Waals surface area contributed by atoms with Gasteiger partial charge in [-0.05, 0) is 6.07 Å². The molecule has 0 aliphatic heterocycles. The molecule has 0 atom stereocenters. The molecule has 0 saturated carbocycles. The molecule has 0 radical (unpaired) electrons. The van der Waals surface area contributed by atoms with Crippen LogP contribution in [0.4, 0.5) is 0 Å². The lowest BCUT2D eigenvalue weighted by molar-refractivity contribution is 0.472. The topological polar surface area (TPSA) is 25.2 Å². The monoisotopic (exact) mass is 329 g/mol. The van der Waals surface area contributed by atoms with Crippen LogP contribution in [-0.2, 0) is 0 Å². The largest absolute Gasteiger partial charge is 0.506 e. The summed E-state index contributed by atoms with van der Waals surface area (Å²) < 4.78 is 1.42. The fourth-order valence-electron chi connectivity index (χ4n) is 1.33. The third-order valence-electron chi connectivity index (χ3n) is 2.12. The molecule has 0 aliphatic rings. The Hall–Kier alpha value is -0.250. The fourth-order valence-corrected chi connectivity index (χ4v) is 2.26. The van der Waals surface area contributed by atoms with Crippen molar-refractivity contribution < 1.29 is 5.11 Å². The lowest BCUT2D eigenvalue weighted by atomic mass is 10.3. The zero-order valence-electron chi connectivity index (χ0n) is 8.02. The zero-order valence-corrected chi connectivity index (χ0v) is 11.8. The van der Waals surface area contributed by atoms with Gasteiger partial charge in [0.15, 0.2) is 0 Å². The van der Waals surface area contributed by atoms with E-state index in [1.807, 2.05) is 0 Å². The molecule has 0 spiro atoms. The smallest absolute Gasteiger partial charge is 0.141 e. The summed E-state index contributed by atoms with van der Waals surface area (Å²) in [6.07, 6.45) is 1.48. The molecule has 90 valence electrons. The van der Waals surface area contributed by atoms with Crippen molar-refractivity contribution >= 4 is 58.0 Å². The second-order valence-corrected chi connectivity index (χ2v) is 5.16. The van der Waals surface area contributed by atoms with Crippen LogP contribution in [0.2, 0.25) is 25.2 Å². The normalized spacial score (nSPS) is 10.9. The van der Waals surface area contributed by atoms with E-state index in [1.165, 1.54) is 22.9 Å². The SMILES string of the molecule is Oc1cc(Cl)c(Cl)cc1-n1cc(Cl)c(Cl)c1Cl. The van der Waals surface area contributed by atoms with E-state index in [9.17, 15) is 5.11 Å². The lowest BCUT2D eigenvalue weighted by Gasteiger charge is -2.09. The van der Waals surface area contributed by atoms with Gasteiger partial charge in [0.05, 0.1) is 25.8 Å². The lowest BCUT2D eigenvalue weighted by Crippen LogP contribution is -1.93. The molecule has 0 aliphatic carbocycles. The van der Waals surface area contributed by atoms with Crippen LogP contribution in [0.3, 0.4) is 0 Å². The Morgan fingerprint density at radius 1 is 0.882 bits per heavy atom. The summed E-state index contributed by atoms with van der Waals surface area (Å²) in [6, 6.07) is 2.79. The first-order chi connectivity index (χ1) is 7.91. The standard InChI is InChI=1S/C10H4Cl5NO/c11-4-1-7(8(17)2-5(4)12)16-3-6(13)9(14)10(16)15/h1-3,17H. The molecule has 0 fully saturated rings. The maximum Gasteiger partial charge on any atom is 0.141 e. The number of halogens is 5. The van der Waals surface area contributed by atoms with Gasteiger partial charge in [-0.3, -0.25) is 0 Å². The molecule has 0 saturated heterocycles. The highest BCUT2D eigenvalue weighted by molar-refractivity contribution is 6.48. The van der Waals surface area contributed by atoms with Gasteiger partial charge in [0.2, 0.25) is 0 Å². The van der Waals surface area contributed by atoms with E-state index in [0.717, 1.165) is 0 Å². The molecule has 7 heteroatoms. The Balaban J connectivity index is 2.68. The van der Waals surface area contributed by atoms with E-state index in [1.54, 1.807) is 0 Å². The molecule has 1 heterocycles. The van der Waals surface area contributed by atoms with Gasteiger partial charge in [0.25, 0.3) is 0 Å². The van der Waals surface area contributed by atoms with Gasteiger partial charge < -0.3 is 9.67 Å². The number of benzene rings is 1. The third kappa shape index (κ3) is 2.33. The quantitative estimate of drug-likeness (QED) is 0.738. The minimum atomic E-state index is -0.0790. The van der Waals surface area contributed by atoms with Crippen molar-refractivity contribution in [1.82, 2.24) is 4.57 Å². The van der Waals surface area contributed by atoms with Gasteiger partial charge in [-0.15, -0.1) is 0 Å². The number of phenols is 1. The molecule has 0 amide bonds. The van der Waals surface area contributed by atoms with Crippen LogP contribution in [0.5, 0.6) is 5.75 Å². The summed E-state index contributed by atoms with van der Waals surface area (Å²) in [7, 11) is 0. The first-order valence-corrected chi connectivity index (χ1v) is 6.21. The number of hydrogen-bond donors (Lipinski definition) is 1. The van der Waals surface area contributed by atoms with Crippen LogP contribution < -0.4 is 0 Å². The molecule has 2 nitrogen and oxygen atoms in total. The highest BCUT2D eigenvalue weighted by Gasteiger charge is 2.16. The molecule has 1 N–H and O–H groups in total. The Bertz CT molecular complexity index is 593. The van der Waals surface area contributed by atoms with E-state index in [4.69, 9.17) is 58.0 Å². The molecule has 1 aromatic heterocycles. The number of rotatable bonds is 1. The average molecular weight is 331 g/mol. The van der Waals surface area contributed by atoms with Crippen molar-refractivity contribution in [3.63, 3.8) is 0 Å². The molecule has 0 unspecified atom stereocenters. The van der Waals surface area contributed by atoms with Crippen molar-refractivity contribution in [2.75, 3.05) is 0 Å². The molecular weight excluding hydrogens is 327 g/mol. The fraction of sp³-hybridized carbons (Fsp3) is 0. The van der Waals surface area contributed by atoms with Crippen LogP contribution in [0.15, 0.2) is 18.3 Å². The van der Waals surface area contributed by atoms with Crippen LogP contribution >= 0.6 is 58.0 Å². The highest BCUT2D eigenvalue weighted by Crippen LogP contribution is 2.38. The van der Waals surface area contributed by atoms with E-state index < -0.39 is 0 Å². The van der Waals surface area contributed by atoms with Crippen molar-refractivity contribution in [3.05, 3.63) is 43.6 Å². The van der Waals surface area contributed by atoms with Gasteiger partial charge >= 0.3 is 0 Å². The first kappa shape index (κ1) is 13.2. The van der Waals surface area contributed by atoms with Crippen molar-refractivity contribution in [2.24, 2.45) is 0 Å². The summed E-state index contributed by atoms with van der Waals surface area (Å²) in [6.45, 7) is 0. The van der Waals surface area contributed by atoms with Crippen LogP contribution in [0, 0.1) is 0 Å². The molecule has 17 heavy (non-hydrogen) atoms. The number of aromatic hydroxyl groups is 1. The highest BCUT2D eigenvalue weighted by atomic mass is 35.5.